The molecule has 0 atom stereocenters. The molecule has 0 amide bonds. The average molecular weight is 276 g/mol. The van der Waals surface area contributed by atoms with Gasteiger partial charge in [-0.3, -0.25) is 9.59 Å². The van der Waals surface area contributed by atoms with Crippen LogP contribution in [0.25, 0.3) is 0 Å². The fourth-order valence-corrected chi connectivity index (χ4v) is 1.43. The van der Waals surface area contributed by atoms with Gasteiger partial charge in [0.25, 0.3) is 0 Å². The third kappa shape index (κ3) is 5.41. The quantitative estimate of drug-likeness (QED) is 0.612. The van der Waals surface area contributed by atoms with E-state index in [-0.39, 0.29) is 24.2 Å². The molecule has 0 aliphatic rings. The van der Waals surface area contributed by atoms with E-state index in [1.54, 1.807) is 6.92 Å². The predicted molar refractivity (Wildman–Crippen MR) is 58.8 cm³/mol. The van der Waals surface area contributed by atoms with Crippen LogP contribution in [0.4, 0.5) is 13.2 Å². The van der Waals surface area contributed by atoms with Gasteiger partial charge in [0, 0.05) is 5.56 Å². The third-order valence-corrected chi connectivity index (χ3v) is 2.01. The van der Waals surface area contributed by atoms with E-state index < -0.39 is 18.1 Å². The second-order valence-electron chi connectivity index (χ2n) is 3.56. The van der Waals surface area contributed by atoms with E-state index in [1.807, 2.05) is 0 Å². The first-order valence-corrected chi connectivity index (χ1v) is 5.34. The Morgan fingerprint density at radius 2 is 2.00 bits per heavy atom. The predicted octanol–water partition coefficient (Wildman–Crippen LogP) is 2.50. The Hall–Kier alpha value is -2.05. The highest BCUT2D eigenvalue weighted by atomic mass is 19.4. The number of ether oxygens (including phenoxy) is 2. The van der Waals surface area contributed by atoms with E-state index in [1.165, 1.54) is 6.07 Å². The van der Waals surface area contributed by atoms with Crippen LogP contribution in [0.5, 0.6) is 5.75 Å². The first-order valence-electron chi connectivity index (χ1n) is 5.34. The van der Waals surface area contributed by atoms with Gasteiger partial charge < -0.3 is 9.47 Å². The van der Waals surface area contributed by atoms with Crippen molar-refractivity contribution in [2.45, 2.75) is 19.7 Å². The Morgan fingerprint density at radius 3 is 2.53 bits per heavy atom. The lowest BCUT2D eigenvalue weighted by molar-refractivity contribution is -0.274. The first kappa shape index (κ1) is 15.0. The zero-order valence-corrected chi connectivity index (χ0v) is 9.99. The van der Waals surface area contributed by atoms with E-state index in [0.717, 1.165) is 12.1 Å². The number of carbonyl (C=O) groups excluding carboxylic acids is 2. The van der Waals surface area contributed by atoms with Gasteiger partial charge in [0.05, 0.1) is 13.0 Å². The number of halogens is 3. The van der Waals surface area contributed by atoms with E-state index in [4.69, 9.17) is 0 Å². The summed E-state index contributed by atoms with van der Waals surface area (Å²) in [6, 6.07) is 3.28. The van der Waals surface area contributed by atoms with Gasteiger partial charge in [-0.2, -0.15) is 0 Å². The highest BCUT2D eigenvalue weighted by Gasteiger charge is 2.31. The summed E-state index contributed by atoms with van der Waals surface area (Å²) in [4.78, 5) is 21.9. The lowest BCUT2D eigenvalue weighted by Gasteiger charge is -2.11. The van der Waals surface area contributed by atoms with Gasteiger partial charge in [0.1, 0.15) is 12.0 Å². The smallest absolute Gasteiger partial charge is 0.466 e. The van der Waals surface area contributed by atoms with Gasteiger partial charge >= 0.3 is 12.3 Å². The lowest BCUT2D eigenvalue weighted by atomic mass is 10.1. The van der Waals surface area contributed by atoms with Crippen LogP contribution in [-0.4, -0.2) is 25.2 Å². The Bertz CT molecular complexity index is 469. The van der Waals surface area contributed by atoms with E-state index in [9.17, 15) is 22.8 Å². The molecule has 19 heavy (non-hydrogen) atoms. The molecule has 0 heterocycles. The maximum absolute atomic E-state index is 12.1. The maximum atomic E-state index is 12.1. The highest BCUT2D eigenvalue weighted by Crippen LogP contribution is 2.25. The second kappa shape index (κ2) is 6.21. The minimum atomic E-state index is -4.86. The summed E-state index contributed by atoms with van der Waals surface area (Å²) in [5.74, 6) is -1.14. The van der Waals surface area contributed by atoms with Crippen molar-refractivity contribution in [2.75, 3.05) is 6.61 Å². The fraction of sp³-hybridized carbons (Fsp3) is 0.333. The normalized spacial score (nSPS) is 10.9. The lowest BCUT2D eigenvalue weighted by Crippen LogP contribution is -2.17. The van der Waals surface area contributed by atoms with Crippen molar-refractivity contribution in [1.82, 2.24) is 0 Å². The molecular weight excluding hydrogens is 265 g/mol. The van der Waals surface area contributed by atoms with Gasteiger partial charge in [0.15, 0.2) is 0 Å². The van der Waals surface area contributed by atoms with Gasteiger partial charge in [0.2, 0.25) is 0 Å². The van der Waals surface area contributed by atoms with Crippen LogP contribution >= 0.6 is 0 Å². The van der Waals surface area contributed by atoms with Crippen LogP contribution in [0.1, 0.15) is 22.8 Å². The van der Waals surface area contributed by atoms with Crippen LogP contribution in [0.15, 0.2) is 18.2 Å². The molecule has 0 aromatic heterocycles. The number of carbonyl (C=O) groups is 2. The maximum Gasteiger partial charge on any atom is 0.573 e. The summed E-state index contributed by atoms with van der Waals surface area (Å²) in [6.07, 6.45) is -4.72. The van der Waals surface area contributed by atoms with Crippen LogP contribution in [0.3, 0.4) is 0 Å². The molecule has 0 aliphatic heterocycles. The number of esters is 1. The molecule has 0 saturated carbocycles. The van der Waals surface area contributed by atoms with Crippen molar-refractivity contribution in [3.05, 3.63) is 29.3 Å². The molecule has 0 spiro atoms. The summed E-state index contributed by atoms with van der Waals surface area (Å²) in [5, 5.41) is 0. The molecule has 1 rings (SSSR count). The summed E-state index contributed by atoms with van der Waals surface area (Å²) in [7, 11) is 0. The molecule has 7 heteroatoms. The molecule has 0 N–H and O–H groups in total. The van der Waals surface area contributed by atoms with E-state index in [0.29, 0.717) is 6.29 Å². The summed E-state index contributed by atoms with van der Waals surface area (Å²) >= 11 is 0. The van der Waals surface area contributed by atoms with Gasteiger partial charge in [-0.15, -0.1) is 13.2 Å². The Labute approximate surface area is 107 Å². The van der Waals surface area contributed by atoms with E-state index >= 15 is 0 Å². The Morgan fingerprint density at radius 1 is 1.32 bits per heavy atom. The molecular formula is C12H11F3O4. The number of alkyl halides is 3. The molecule has 0 radical (unpaired) electrons. The number of aldehydes is 1. The van der Waals surface area contributed by atoms with Crippen LogP contribution < -0.4 is 4.74 Å². The summed E-state index contributed by atoms with van der Waals surface area (Å²) in [6.45, 7) is 1.77. The molecule has 0 fully saturated rings. The molecule has 0 aliphatic carbocycles. The number of rotatable bonds is 5. The van der Waals surface area contributed by atoms with Crippen LogP contribution in [0, 0.1) is 0 Å². The second-order valence-corrected chi connectivity index (χ2v) is 3.56. The number of hydrogen-bond acceptors (Lipinski definition) is 4. The molecule has 0 bridgehead atoms. The van der Waals surface area contributed by atoms with Gasteiger partial charge in [-0.1, -0.05) is 0 Å². The molecule has 1 aromatic rings. The molecule has 1 aromatic carbocycles. The molecule has 4 nitrogen and oxygen atoms in total. The zero-order chi connectivity index (χ0) is 14.5. The Balaban J connectivity index is 2.95. The van der Waals surface area contributed by atoms with Crippen molar-refractivity contribution in [3.8, 4) is 5.75 Å². The SMILES string of the molecule is CCOC(=O)Cc1cc(C=O)cc(OC(F)(F)F)c1. The number of hydrogen-bond donors (Lipinski definition) is 0. The van der Waals surface area contributed by atoms with Gasteiger partial charge in [-0.25, -0.2) is 0 Å². The highest BCUT2D eigenvalue weighted by molar-refractivity contribution is 5.78. The van der Waals surface area contributed by atoms with Gasteiger partial charge in [-0.05, 0) is 30.7 Å². The van der Waals surface area contributed by atoms with Crippen molar-refractivity contribution >= 4 is 12.3 Å². The largest absolute Gasteiger partial charge is 0.573 e. The summed E-state index contributed by atoms with van der Waals surface area (Å²) in [5.41, 5.74) is 0.198. The summed E-state index contributed by atoms with van der Waals surface area (Å²) < 4.78 is 44.7. The van der Waals surface area contributed by atoms with Crippen LogP contribution in [-0.2, 0) is 16.0 Å². The van der Waals surface area contributed by atoms with Crippen molar-refractivity contribution < 1.29 is 32.2 Å². The average Bonchev–Trinajstić information content (AvgIpc) is 2.26. The van der Waals surface area contributed by atoms with E-state index in [2.05, 4.69) is 9.47 Å². The fourth-order valence-electron chi connectivity index (χ4n) is 1.43. The molecule has 104 valence electrons. The topological polar surface area (TPSA) is 52.6 Å². The van der Waals surface area contributed by atoms with Crippen LogP contribution in [0.2, 0.25) is 0 Å². The third-order valence-electron chi connectivity index (χ3n) is 2.01. The number of benzene rings is 1. The minimum absolute atomic E-state index is 0.0129. The monoisotopic (exact) mass is 276 g/mol. The minimum Gasteiger partial charge on any atom is -0.466 e. The molecule has 0 unspecified atom stereocenters. The zero-order valence-electron chi connectivity index (χ0n) is 9.99. The van der Waals surface area contributed by atoms with Crippen molar-refractivity contribution in [2.24, 2.45) is 0 Å². The first-order chi connectivity index (χ1) is 8.84. The van der Waals surface area contributed by atoms with Crippen molar-refractivity contribution in [3.63, 3.8) is 0 Å². The van der Waals surface area contributed by atoms with Crippen molar-refractivity contribution in [1.29, 1.82) is 0 Å². The standard InChI is InChI=1S/C12H11F3O4/c1-2-18-11(17)6-8-3-9(7-16)5-10(4-8)19-12(13,14)15/h3-5,7H,2,6H2,1H3. The molecule has 0 saturated heterocycles. The Kier molecular flexibility index (Phi) is 4.91.